The maximum Gasteiger partial charge on any atom is 0.416 e. The number of urea groups is 1. The fourth-order valence-corrected chi connectivity index (χ4v) is 2.74. The molecule has 0 unspecified atom stereocenters. The van der Waals surface area contributed by atoms with Gasteiger partial charge in [0.05, 0.1) is 5.56 Å². The van der Waals surface area contributed by atoms with Crippen LogP contribution in [0.4, 0.5) is 18.0 Å². The molecule has 28 heavy (non-hydrogen) atoms. The molecule has 0 spiro atoms. The number of nitrogens with one attached hydrogen (secondary N) is 3. The van der Waals surface area contributed by atoms with Crippen LogP contribution >= 0.6 is 0 Å². The number of alkyl halides is 3. The smallest absolute Gasteiger partial charge is 0.326 e. The molecule has 0 bridgehead atoms. The number of amides is 5. The molecule has 1 aliphatic rings. The maximum absolute atomic E-state index is 12.9. The van der Waals surface area contributed by atoms with E-state index in [0.717, 1.165) is 18.2 Å². The summed E-state index contributed by atoms with van der Waals surface area (Å²) in [6.45, 7) is 0. The molecule has 3 N–H and O–H groups in total. The van der Waals surface area contributed by atoms with E-state index in [9.17, 15) is 32.3 Å². The molecule has 0 aromatic heterocycles. The molecule has 144 valence electrons. The molecule has 5 amide bonds. The molecule has 1 fully saturated rings. The number of carbonyl (C=O) groups excluding carboxylic acids is 4. The first kappa shape index (κ1) is 19.1. The van der Waals surface area contributed by atoms with E-state index < -0.39 is 46.6 Å². The van der Waals surface area contributed by atoms with Gasteiger partial charge in [-0.1, -0.05) is 36.4 Å². The SMILES string of the molecule is O=C1NC(=O)C(NC(=O)c2cccc(C(F)(F)F)c2)(c2ccccc2)C(=O)N1. The third-order valence-electron chi connectivity index (χ3n) is 4.10. The number of imide groups is 2. The maximum atomic E-state index is 12.9. The van der Waals surface area contributed by atoms with Gasteiger partial charge in [0.1, 0.15) is 0 Å². The Morgan fingerprint density at radius 1 is 0.893 bits per heavy atom. The summed E-state index contributed by atoms with van der Waals surface area (Å²) in [5, 5.41) is 5.96. The van der Waals surface area contributed by atoms with E-state index in [2.05, 4.69) is 5.32 Å². The number of carbonyl (C=O) groups is 4. The molecule has 2 aromatic carbocycles. The van der Waals surface area contributed by atoms with Crippen molar-refractivity contribution >= 4 is 23.8 Å². The lowest BCUT2D eigenvalue weighted by Gasteiger charge is -2.34. The minimum atomic E-state index is -4.68. The van der Waals surface area contributed by atoms with Crippen LogP contribution in [0.1, 0.15) is 21.5 Å². The van der Waals surface area contributed by atoms with Gasteiger partial charge in [-0.3, -0.25) is 25.0 Å². The zero-order valence-corrected chi connectivity index (χ0v) is 14.0. The van der Waals surface area contributed by atoms with Gasteiger partial charge in [-0.25, -0.2) is 4.79 Å². The van der Waals surface area contributed by atoms with E-state index in [0.29, 0.717) is 6.07 Å². The van der Waals surface area contributed by atoms with Crippen molar-refractivity contribution in [3.05, 3.63) is 71.3 Å². The molecule has 1 heterocycles. The van der Waals surface area contributed by atoms with E-state index in [4.69, 9.17) is 0 Å². The standard InChI is InChI=1S/C18H12F3N3O4/c19-18(20,21)12-8-4-5-10(9-12)13(25)24-17(11-6-2-1-3-7-11)14(26)22-16(28)23-15(17)27/h1-9H,(H,24,25)(H2,22,23,26,27,28). The predicted octanol–water partition coefficient (Wildman–Crippen LogP) is 1.70. The second-order valence-corrected chi connectivity index (χ2v) is 5.89. The fourth-order valence-electron chi connectivity index (χ4n) is 2.74. The van der Waals surface area contributed by atoms with Crippen molar-refractivity contribution < 1.29 is 32.3 Å². The van der Waals surface area contributed by atoms with Crippen molar-refractivity contribution in [3.63, 3.8) is 0 Å². The minimum Gasteiger partial charge on any atom is -0.326 e. The summed E-state index contributed by atoms with van der Waals surface area (Å²) in [7, 11) is 0. The molecule has 1 saturated heterocycles. The van der Waals surface area contributed by atoms with Crippen LogP contribution in [0.2, 0.25) is 0 Å². The first-order chi connectivity index (χ1) is 13.1. The highest BCUT2D eigenvalue weighted by molar-refractivity contribution is 6.24. The van der Waals surface area contributed by atoms with Gasteiger partial charge in [0, 0.05) is 5.56 Å². The Bertz CT molecular complexity index is 954. The number of benzene rings is 2. The number of rotatable bonds is 3. The average molecular weight is 391 g/mol. The Hall–Kier alpha value is -3.69. The van der Waals surface area contributed by atoms with Crippen LogP contribution in [0.5, 0.6) is 0 Å². The largest absolute Gasteiger partial charge is 0.416 e. The van der Waals surface area contributed by atoms with Gasteiger partial charge in [-0.05, 0) is 23.8 Å². The van der Waals surface area contributed by atoms with Gasteiger partial charge in [-0.2, -0.15) is 13.2 Å². The highest BCUT2D eigenvalue weighted by Crippen LogP contribution is 2.30. The second kappa shape index (κ2) is 6.80. The summed E-state index contributed by atoms with van der Waals surface area (Å²) in [5.41, 5.74) is -3.79. The summed E-state index contributed by atoms with van der Waals surface area (Å²) >= 11 is 0. The Balaban J connectivity index is 2.04. The third-order valence-corrected chi connectivity index (χ3v) is 4.10. The fraction of sp³-hybridized carbons (Fsp3) is 0.111. The lowest BCUT2D eigenvalue weighted by Crippen LogP contribution is -2.71. The van der Waals surface area contributed by atoms with Gasteiger partial charge in [0.15, 0.2) is 0 Å². The molecule has 1 aliphatic heterocycles. The molecule has 0 atom stereocenters. The third kappa shape index (κ3) is 3.31. The van der Waals surface area contributed by atoms with Gasteiger partial charge in [-0.15, -0.1) is 0 Å². The average Bonchev–Trinajstić information content (AvgIpc) is 2.64. The number of halogens is 3. The highest BCUT2D eigenvalue weighted by Gasteiger charge is 2.53. The van der Waals surface area contributed by atoms with E-state index in [1.54, 1.807) is 6.07 Å². The van der Waals surface area contributed by atoms with Gasteiger partial charge in [0.25, 0.3) is 17.7 Å². The molecule has 0 saturated carbocycles. The Kier molecular flexibility index (Phi) is 4.63. The lowest BCUT2D eigenvalue weighted by molar-refractivity contribution is -0.140. The second-order valence-electron chi connectivity index (χ2n) is 5.89. The summed E-state index contributed by atoms with van der Waals surface area (Å²) in [6, 6.07) is 9.73. The van der Waals surface area contributed by atoms with Crippen molar-refractivity contribution in [3.8, 4) is 0 Å². The zero-order valence-electron chi connectivity index (χ0n) is 14.0. The van der Waals surface area contributed by atoms with Gasteiger partial charge < -0.3 is 5.32 Å². The molecule has 0 aliphatic carbocycles. The van der Waals surface area contributed by atoms with Gasteiger partial charge in [0.2, 0.25) is 5.54 Å². The van der Waals surface area contributed by atoms with E-state index in [1.165, 1.54) is 24.3 Å². The quantitative estimate of drug-likeness (QED) is 0.693. The number of hydrogen-bond acceptors (Lipinski definition) is 4. The number of barbiturate groups is 1. The molecular formula is C18H12F3N3O4. The van der Waals surface area contributed by atoms with E-state index in [-0.39, 0.29) is 5.56 Å². The van der Waals surface area contributed by atoms with Crippen molar-refractivity contribution in [2.24, 2.45) is 0 Å². The van der Waals surface area contributed by atoms with Crippen LogP contribution in [0.3, 0.4) is 0 Å². The van der Waals surface area contributed by atoms with Crippen LogP contribution < -0.4 is 16.0 Å². The van der Waals surface area contributed by atoms with E-state index >= 15 is 0 Å². The van der Waals surface area contributed by atoms with Crippen molar-refractivity contribution in [2.75, 3.05) is 0 Å². The van der Waals surface area contributed by atoms with Crippen molar-refractivity contribution in [1.82, 2.24) is 16.0 Å². The summed E-state index contributed by atoms with van der Waals surface area (Å²) in [4.78, 5) is 49.1. The summed E-state index contributed by atoms with van der Waals surface area (Å²) in [6.07, 6.45) is -4.68. The summed E-state index contributed by atoms with van der Waals surface area (Å²) < 4.78 is 38.7. The monoisotopic (exact) mass is 391 g/mol. The predicted molar refractivity (Wildman–Crippen MR) is 88.7 cm³/mol. The molecule has 0 radical (unpaired) electrons. The van der Waals surface area contributed by atoms with Crippen molar-refractivity contribution in [2.45, 2.75) is 11.7 Å². The van der Waals surface area contributed by atoms with Gasteiger partial charge >= 0.3 is 12.2 Å². The molecule has 10 heteroatoms. The first-order valence-corrected chi connectivity index (χ1v) is 7.87. The van der Waals surface area contributed by atoms with Crippen LogP contribution in [-0.2, 0) is 21.3 Å². The Morgan fingerprint density at radius 3 is 2.07 bits per heavy atom. The lowest BCUT2D eigenvalue weighted by atomic mass is 9.86. The summed E-state index contributed by atoms with van der Waals surface area (Å²) in [5.74, 6) is -3.37. The van der Waals surface area contributed by atoms with Crippen LogP contribution in [0, 0.1) is 0 Å². The Morgan fingerprint density at radius 2 is 1.50 bits per heavy atom. The van der Waals surface area contributed by atoms with Crippen LogP contribution in [0.15, 0.2) is 54.6 Å². The number of hydrogen-bond donors (Lipinski definition) is 3. The van der Waals surface area contributed by atoms with E-state index in [1.807, 2.05) is 10.6 Å². The molecular weight excluding hydrogens is 379 g/mol. The van der Waals surface area contributed by atoms with Crippen molar-refractivity contribution in [1.29, 1.82) is 0 Å². The molecule has 7 nitrogen and oxygen atoms in total. The topological polar surface area (TPSA) is 104 Å². The first-order valence-electron chi connectivity index (χ1n) is 7.87. The van der Waals surface area contributed by atoms with Crippen LogP contribution in [0.25, 0.3) is 0 Å². The van der Waals surface area contributed by atoms with Crippen LogP contribution in [-0.4, -0.2) is 23.8 Å². The zero-order chi connectivity index (χ0) is 20.5. The molecule has 2 aromatic rings. The normalized spacial score (nSPS) is 16.2. The highest BCUT2D eigenvalue weighted by atomic mass is 19.4. The minimum absolute atomic E-state index is 0.0258. The molecule has 3 rings (SSSR count). The Labute approximate surface area is 155 Å².